The first-order valence-corrected chi connectivity index (χ1v) is 12.3. The van der Waals surface area contributed by atoms with Crippen molar-refractivity contribution in [2.75, 3.05) is 11.9 Å². The predicted octanol–water partition coefficient (Wildman–Crippen LogP) is 4.68. The highest BCUT2D eigenvalue weighted by molar-refractivity contribution is 7.16. The summed E-state index contributed by atoms with van der Waals surface area (Å²) in [6.07, 6.45) is 4.15. The van der Waals surface area contributed by atoms with Gasteiger partial charge in [0.1, 0.15) is 5.82 Å². The summed E-state index contributed by atoms with van der Waals surface area (Å²) in [6.45, 7) is 4.11. The number of carbonyl (C=O) groups excluding carboxylic acids is 1. The Balaban J connectivity index is 1.50. The van der Waals surface area contributed by atoms with Crippen molar-refractivity contribution in [3.63, 3.8) is 0 Å². The third-order valence-electron chi connectivity index (χ3n) is 6.14. The number of nitrogens with zero attached hydrogens (tertiary/aromatic N) is 3. The van der Waals surface area contributed by atoms with E-state index < -0.39 is 5.82 Å². The summed E-state index contributed by atoms with van der Waals surface area (Å²) in [5.41, 5.74) is 3.51. The highest BCUT2D eigenvalue weighted by atomic mass is 32.1. The molecule has 0 bridgehead atoms. The number of amides is 1. The molecule has 6 nitrogen and oxygen atoms in total. The van der Waals surface area contributed by atoms with Gasteiger partial charge in [0.25, 0.3) is 5.56 Å². The Hall–Kier alpha value is -3.62. The van der Waals surface area contributed by atoms with Crippen molar-refractivity contribution in [1.29, 1.82) is 0 Å². The molecule has 178 valence electrons. The molecule has 1 aliphatic heterocycles. The second-order valence-corrected chi connectivity index (χ2v) is 9.83. The molecule has 4 heterocycles. The van der Waals surface area contributed by atoms with Crippen LogP contribution in [-0.2, 0) is 30.8 Å². The number of hydrogen-bond acceptors (Lipinski definition) is 5. The number of fused-ring (bicyclic) bond motifs is 1. The maximum atomic E-state index is 14.7. The monoisotopic (exact) mass is 488 g/mol. The van der Waals surface area contributed by atoms with Gasteiger partial charge in [-0.25, -0.2) is 4.39 Å². The SMILES string of the molecule is CC(=O)Nc1ccc(CN2CCc3c(cc(-c4ccccc4F)c(=O)n3Cc3ccncc3)C2)s1. The van der Waals surface area contributed by atoms with Gasteiger partial charge < -0.3 is 9.88 Å². The molecule has 1 amide bonds. The summed E-state index contributed by atoms with van der Waals surface area (Å²) >= 11 is 1.56. The molecule has 0 fully saturated rings. The van der Waals surface area contributed by atoms with Gasteiger partial charge in [-0.3, -0.25) is 19.5 Å². The fraction of sp³-hybridized carbons (Fsp3) is 0.222. The van der Waals surface area contributed by atoms with E-state index >= 15 is 0 Å². The number of halogens is 1. The van der Waals surface area contributed by atoms with E-state index in [-0.39, 0.29) is 11.5 Å². The molecule has 0 aliphatic carbocycles. The quantitative estimate of drug-likeness (QED) is 0.428. The van der Waals surface area contributed by atoms with Gasteiger partial charge in [0.05, 0.1) is 17.1 Å². The number of hydrogen-bond donors (Lipinski definition) is 1. The van der Waals surface area contributed by atoms with Crippen LogP contribution in [0.1, 0.15) is 28.6 Å². The van der Waals surface area contributed by atoms with E-state index in [1.165, 1.54) is 13.0 Å². The first-order valence-electron chi connectivity index (χ1n) is 11.5. The average molecular weight is 489 g/mol. The summed E-state index contributed by atoms with van der Waals surface area (Å²) < 4.78 is 16.5. The molecule has 1 aromatic carbocycles. The summed E-state index contributed by atoms with van der Waals surface area (Å²) in [6, 6.07) is 16.0. The van der Waals surface area contributed by atoms with Crippen molar-refractivity contribution in [3.8, 4) is 11.1 Å². The Morgan fingerprint density at radius 2 is 1.89 bits per heavy atom. The molecule has 8 heteroatoms. The molecule has 0 saturated carbocycles. The molecule has 0 atom stereocenters. The van der Waals surface area contributed by atoms with Crippen molar-refractivity contribution in [2.24, 2.45) is 0 Å². The highest BCUT2D eigenvalue weighted by Crippen LogP contribution is 2.28. The lowest BCUT2D eigenvalue weighted by Gasteiger charge is -2.31. The Labute approximate surface area is 206 Å². The number of aromatic nitrogens is 2. The van der Waals surface area contributed by atoms with Crippen LogP contribution in [0.15, 0.2) is 71.8 Å². The van der Waals surface area contributed by atoms with Crippen molar-refractivity contribution in [2.45, 2.75) is 33.0 Å². The summed E-state index contributed by atoms with van der Waals surface area (Å²) in [5, 5.41) is 3.66. The summed E-state index contributed by atoms with van der Waals surface area (Å²) in [4.78, 5) is 32.5. The molecule has 0 unspecified atom stereocenters. The third-order valence-corrected chi connectivity index (χ3v) is 7.13. The lowest BCUT2D eigenvalue weighted by atomic mass is 9.98. The van der Waals surface area contributed by atoms with Gasteiger partial charge in [-0.2, -0.15) is 0 Å². The zero-order valence-corrected chi connectivity index (χ0v) is 20.1. The summed E-state index contributed by atoms with van der Waals surface area (Å²) in [7, 11) is 0. The van der Waals surface area contributed by atoms with Crippen LogP contribution in [-0.4, -0.2) is 26.9 Å². The minimum Gasteiger partial charge on any atom is -0.318 e. The number of benzene rings is 1. The molecule has 4 aromatic rings. The van der Waals surface area contributed by atoms with Crippen LogP contribution >= 0.6 is 11.3 Å². The van der Waals surface area contributed by atoms with E-state index in [1.807, 2.05) is 30.3 Å². The Bertz CT molecular complexity index is 1430. The first kappa shape index (κ1) is 23.1. The van der Waals surface area contributed by atoms with Gasteiger partial charge in [-0.15, -0.1) is 11.3 Å². The van der Waals surface area contributed by atoms with E-state index in [4.69, 9.17) is 0 Å². The van der Waals surface area contributed by atoms with Crippen LogP contribution < -0.4 is 10.9 Å². The molecule has 0 spiro atoms. The maximum absolute atomic E-state index is 14.7. The van der Waals surface area contributed by atoms with Gasteiger partial charge in [0.15, 0.2) is 0 Å². The summed E-state index contributed by atoms with van der Waals surface area (Å²) in [5.74, 6) is -0.491. The fourth-order valence-electron chi connectivity index (χ4n) is 4.55. The molecule has 1 aliphatic rings. The number of rotatable bonds is 6. The molecular formula is C27H25FN4O2S. The van der Waals surface area contributed by atoms with Gasteiger partial charge in [0, 0.05) is 61.5 Å². The largest absolute Gasteiger partial charge is 0.318 e. The molecule has 5 rings (SSSR count). The highest BCUT2D eigenvalue weighted by Gasteiger charge is 2.24. The third kappa shape index (κ3) is 5.08. The van der Waals surface area contributed by atoms with Crippen molar-refractivity contribution in [1.82, 2.24) is 14.5 Å². The topological polar surface area (TPSA) is 67.2 Å². The second-order valence-electron chi connectivity index (χ2n) is 8.66. The Morgan fingerprint density at radius 3 is 2.66 bits per heavy atom. The number of pyridine rings is 2. The van der Waals surface area contributed by atoms with E-state index in [1.54, 1.807) is 46.5 Å². The van der Waals surface area contributed by atoms with Crippen LogP contribution in [0.25, 0.3) is 11.1 Å². The fourth-order valence-corrected chi connectivity index (χ4v) is 5.54. The Kier molecular flexibility index (Phi) is 6.57. The van der Waals surface area contributed by atoms with Crippen LogP contribution in [0, 0.1) is 5.82 Å². The second kappa shape index (κ2) is 9.93. The molecular weight excluding hydrogens is 463 g/mol. The minimum atomic E-state index is -0.406. The lowest BCUT2D eigenvalue weighted by Crippen LogP contribution is -2.36. The maximum Gasteiger partial charge on any atom is 0.259 e. The lowest BCUT2D eigenvalue weighted by molar-refractivity contribution is -0.114. The van der Waals surface area contributed by atoms with Crippen LogP contribution in [0.5, 0.6) is 0 Å². The van der Waals surface area contributed by atoms with Crippen molar-refractivity contribution >= 4 is 22.2 Å². The molecule has 35 heavy (non-hydrogen) atoms. The van der Waals surface area contributed by atoms with Gasteiger partial charge in [-0.05, 0) is 47.5 Å². The number of anilines is 1. The van der Waals surface area contributed by atoms with E-state index in [2.05, 4.69) is 15.2 Å². The molecule has 0 saturated heterocycles. The standard InChI is InChI=1S/C27H25FN4O2S/c1-18(33)30-26-7-6-21(35-26)17-31-13-10-25-20(16-31)14-23(22-4-2-3-5-24(22)28)27(34)32(25)15-19-8-11-29-12-9-19/h2-9,11-12,14H,10,13,15-17H2,1H3,(H,30,33). The first-order chi connectivity index (χ1) is 17.0. The van der Waals surface area contributed by atoms with Gasteiger partial charge >= 0.3 is 0 Å². The normalized spacial score (nSPS) is 13.4. The van der Waals surface area contributed by atoms with E-state index in [0.29, 0.717) is 24.2 Å². The predicted molar refractivity (Wildman–Crippen MR) is 136 cm³/mol. The molecule has 0 radical (unpaired) electrons. The van der Waals surface area contributed by atoms with Crippen LogP contribution in [0.4, 0.5) is 9.39 Å². The molecule has 1 N–H and O–H groups in total. The minimum absolute atomic E-state index is 0.0851. The van der Waals surface area contributed by atoms with Crippen LogP contribution in [0.3, 0.4) is 0 Å². The van der Waals surface area contributed by atoms with Crippen LogP contribution in [0.2, 0.25) is 0 Å². The smallest absolute Gasteiger partial charge is 0.259 e. The van der Waals surface area contributed by atoms with Gasteiger partial charge in [-0.1, -0.05) is 18.2 Å². The number of carbonyl (C=O) groups is 1. The van der Waals surface area contributed by atoms with Gasteiger partial charge in [0.2, 0.25) is 5.91 Å². The van der Waals surface area contributed by atoms with E-state index in [0.717, 1.165) is 46.2 Å². The molecule has 3 aromatic heterocycles. The van der Waals surface area contributed by atoms with Crippen molar-refractivity contribution in [3.05, 3.63) is 105 Å². The zero-order chi connectivity index (χ0) is 24.4. The number of thiophene rings is 1. The Morgan fingerprint density at radius 1 is 1.09 bits per heavy atom. The van der Waals surface area contributed by atoms with E-state index in [9.17, 15) is 14.0 Å². The average Bonchev–Trinajstić information content (AvgIpc) is 3.27. The number of nitrogens with one attached hydrogen (secondary N) is 1. The van der Waals surface area contributed by atoms with Crippen molar-refractivity contribution < 1.29 is 9.18 Å². The zero-order valence-electron chi connectivity index (χ0n) is 19.3.